The van der Waals surface area contributed by atoms with Gasteiger partial charge in [-0.1, -0.05) is 142 Å². The van der Waals surface area contributed by atoms with Crippen LogP contribution in [-0.4, -0.2) is 22.6 Å². The molecule has 4 heteroatoms. The molecule has 0 heterocycles. The fourth-order valence-corrected chi connectivity index (χ4v) is 5.55. The third-order valence-electron chi connectivity index (χ3n) is 8.35. The topological polar surface area (TPSA) is 65.2 Å². The van der Waals surface area contributed by atoms with Crippen LogP contribution in [0.5, 0.6) is 11.5 Å². The maximum atomic E-state index is 11.5. The summed E-state index contributed by atoms with van der Waals surface area (Å²) in [5.74, 6) is 0.462. The standard InChI is InChI=1S/C42H50N2O2/c1-11-28-22-31(38(45)34(23-28)41(5,6)7)26-43-36(29-18-14-12-15-19-29)37(30-20-16-13-17-21-30)44-27-32-24-33(40(2,3)4)25-35(39(32)46)42(8,9)10/h11-27,36-37,45-46H,1H2,2-10H3/t36-,37-/m1/s1. The Morgan fingerprint density at radius 1 is 0.565 bits per heavy atom. The maximum absolute atomic E-state index is 11.5. The van der Waals surface area contributed by atoms with E-state index in [-0.39, 0.29) is 27.7 Å². The predicted molar refractivity (Wildman–Crippen MR) is 196 cm³/mol. The molecule has 0 aromatic heterocycles. The zero-order chi connectivity index (χ0) is 33.9. The molecular formula is C42H50N2O2. The molecule has 0 amide bonds. The lowest BCUT2D eigenvalue weighted by Crippen LogP contribution is -2.17. The third kappa shape index (κ3) is 8.04. The van der Waals surface area contributed by atoms with Gasteiger partial charge < -0.3 is 10.2 Å². The van der Waals surface area contributed by atoms with E-state index in [2.05, 4.69) is 99.2 Å². The van der Waals surface area contributed by atoms with E-state index in [0.29, 0.717) is 11.1 Å². The van der Waals surface area contributed by atoms with Gasteiger partial charge >= 0.3 is 0 Å². The SMILES string of the molecule is C=Cc1cc(C=N[C@H](c2ccccc2)[C@H](N=Cc2cc(C(C)(C)C)cc(C(C)(C)C)c2O)c2ccccc2)c(O)c(C(C)(C)C)c1. The van der Waals surface area contributed by atoms with Crippen LogP contribution in [0.15, 0.2) is 101 Å². The molecule has 2 atom stereocenters. The second-order valence-electron chi connectivity index (χ2n) is 15.2. The minimum Gasteiger partial charge on any atom is -0.507 e. The minimum absolute atomic E-state index is 0.111. The molecule has 2 N–H and O–H groups in total. The van der Waals surface area contributed by atoms with Gasteiger partial charge in [0.15, 0.2) is 0 Å². The lowest BCUT2D eigenvalue weighted by atomic mass is 9.79. The lowest BCUT2D eigenvalue weighted by molar-refractivity contribution is 0.443. The zero-order valence-electron chi connectivity index (χ0n) is 29.0. The molecule has 0 saturated heterocycles. The van der Waals surface area contributed by atoms with Crippen LogP contribution >= 0.6 is 0 Å². The molecule has 0 saturated carbocycles. The van der Waals surface area contributed by atoms with E-state index >= 15 is 0 Å². The number of rotatable bonds is 8. The number of aromatic hydroxyl groups is 2. The third-order valence-corrected chi connectivity index (χ3v) is 8.35. The average Bonchev–Trinajstić information content (AvgIpc) is 2.99. The van der Waals surface area contributed by atoms with E-state index in [0.717, 1.165) is 33.4 Å². The predicted octanol–water partition coefficient (Wildman–Crippen LogP) is 10.7. The number of hydrogen-bond acceptors (Lipinski definition) is 4. The highest BCUT2D eigenvalue weighted by atomic mass is 16.3. The molecule has 240 valence electrons. The second kappa shape index (κ2) is 13.5. The van der Waals surface area contributed by atoms with Crippen molar-refractivity contribution in [3.05, 3.63) is 136 Å². The highest BCUT2D eigenvalue weighted by Gasteiger charge is 2.27. The number of hydrogen-bond donors (Lipinski definition) is 2. The quantitative estimate of drug-likeness (QED) is 0.194. The lowest BCUT2D eigenvalue weighted by Gasteiger charge is -2.27. The van der Waals surface area contributed by atoms with E-state index < -0.39 is 12.1 Å². The van der Waals surface area contributed by atoms with E-state index in [4.69, 9.17) is 9.98 Å². The van der Waals surface area contributed by atoms with Crippen LogP contribution in [-0.2, 0) is 16.2 Å². The molecule has 0 unspecified atom stereocenters. The Morgan fingerprint density at radius 2 is 0.978 bits per heavy atom. The maximum Gasteiger partial charge on any atom is 0.128 e. The first-order chi connectivity index (χ1) is 21.5. The summed E-state index contributed by atoms with van der Waals surface area (Å²) in [5.41, 5.74) is 6.44. The fraction of sp³-hybridized carbons (Fsp3) is 0.333. The average molecular weight is 615 g/mol. The van der Waals surface area contributed by atoms with E-state index in [1.807, 2.05) is 54.6 Å². The fourth-order valence-electron chi connectivity index (χ4n) is 5.55. The summed E-state index contributed by atoms with van der Waals surface area (Å²) in [5, 5.41) is 22.9. The number of phenols is 2. The van der Waals surface area contributed by atoms with Crippen molar-refractivity contribution < 1.29 is 10.2 Å². The van der Waals surface area contributed by atoms with Crippen LogP contribution in [0.4, 0.5) is 0 Å². The summed E-state index contributed by atoms with van der Waals surface area (Å²) in [6.07, 6.45) is 5.36. The van der Waals surface area contributed by atoms with Gasteiger partial charge in [0.25, 0.3) is 0 Å². The van der Waals surface area contributed by atoms with Gasteiger partial charge in [0.05, 0.1) is 0 Å². The highest BCUT2D eigenvalue weighted by Crippen LogP contribution is 2.40. The summed E-state index contributed by atoms with van der Waals surface area (Å²) in [4.78, 5) is 10.3. The molecule has 4 aromatic carbocycles. The largest absolute Gasteiger partial charge is 0.507 e. The van der Waals surface area contributed by atoms with Crippen molar-refractivity contribution in [1.29, 1.82) is 0 Å². The number of aliphatic imine (C=N–C) groups is 2. The normalized spacial score (nSPS) is 14.1. The molecule has 0 radical (unpaired) electrons. The van der Waals surface area contributed by atoms with E-state index in [1.54, 1.807) is 18.5 Å². The number of nitrogens with zero attached hydrogens (tertiary/aromatic N) is 2. The molecule has 0 aliphatic carbocycles. The molecule has 0 bridgehead atoms. The summed E-state index contributed by atoms with van der Waals surface area (Å²) >= 11 is 0. The van der Waals surface area contributed by atoms with Crippen molar-refractivity contribution in [2.45, 2.75) is 90.6 Å². The van der Waals surface area contributed by atoms with Crippen LogP contribution < -0.4 is 0 Å². The molecule has 0 aliphatic rings. The van der Waals surface area contributed by atoms with Gasteiger partial charge in [-0.3, -0.25) is 9.98 Å². The Balaban J connectivity index is 1.92. The first kappa shape index (κ1) is 34.4. The van der Waals surface area contributed by atoms with Crippen LogP contribution in [0.1, 0.15) is 119 Å². The molecular weight excluding hydrogens is 564 g/mol. The highest BCUT2D eigenvalue weighted by molar-refractivity contribution is 5.87. The van der Waals surface area contributed by atoms with Crippen molar-refractivity contribution in [2.75, 3.05) is 0 Å². The van der Waals surface area contributed by atoms with Crippen LogP contribution in [0.2, 0.25) is 0 Å². The van der Waals surface area contributed by atoms with Crippen molar-refractivity contribution in [2.24, 2.45) is 9.98 Å². The molecule has 0 spiro atoms. The monoisotopic (exact) mass is 614 g/mol. The van der Waals surface area contributed by atoms with Crippen molar-refractivity contribution in [3.63, 3.8) is 0 Å². The Hall–Kier alpha value is -4.44. The van der Waals surface area contributed by atoms with E-state index in [1.165, 1.54) is 0 Å². The summed E-state index contributed by atoms with van der Waals surface area (Å²) < 4.78 is 0. The Kier molecular flexibility index (Phi) is 10.1. The number of benzene rings is 4. The van der Waals surface area contributed by atoms with Gasteiger partial charge in [0.2, 0.25) is 0 Å². The van der Waals surface area contributed by atoms with Crippen LogP contribution in [0.25, 0.3) is 6.08 Å². The molecule has 4 aromatic rings. The van der Waals surface area contributed by atoms with Gasteiger partial charge in [-0.2, -0.15) is 0 Å². The van der Waals surface area contributed by atoms with E-state index in [9.17, 15) is 10.2 Å². The zero-order valence-corrected chi connectivity index (χ0v) is 29.0. The minimum atomic E-state index is -0.417. The number of phenolic OH excluding ortho intramolecular Hbond substituents is 2. The molecule has 46 heavy (non-hydrogen) atoms. The summed E-state index contributed by atoms with van der Waals surface area (Å²) in [6, 6.07) is 27.5. The second-order valence-corrected chi connectivity index (χ2v) is 15.2. The van der Waals surface area contributed by atoms with Gasteiger partial charge in [-0.15, -0.1) is 0 Å². The first-order valence-electron chi connectivity index (χ1n) is 16.0. The van der Waals surface area contributed by atoms with Gasteiger partial charge in [-0.25, -0.2) is 0 Å². The molecule has 4 nitrogen and oxygen atoms in total. The van der Waals surface area contributed by atoms with Crippen molar-refractivity contribution in [1.82, 2.24) is 0 Å². The molecule has 0 fully saturated rings. The van der Waals surface area contributed by atoms with Gasteiger partial charge in [-0.05, 0) is 56.7 Å². The van der Waals surface area contributed by atoms with Crippen LogP contribution in [0, 0.1) is 0 Å². The summed E-state index contributed by atoms with van der Waals surface area (Å²) in [6.45, 7) is 23.1. The molecule has 4 rings (SSSR count). The van der Waals surface area contributed by atoms with Gasteiger partial charge in [0, 0.05) is 34.7 Å². The van der Waals surface area contributed by atoms with Crippen LogP contribution in [0.3, 0.4) is 0 Å². The first-order valence-corrected chi connectivity index (χ1v) is 16.0. The smallest absolute Gasteiger partial charge is 0.128 e. The Bertz CT molecular complexity index is 1710. The molecule has 0 aliphatic heterocycles. The van der Waals surface area contributed by atoms with Crippen molar-refractivity contribution in [3.8, 4) is 11.5 Å². The van der Waals surface area contributed by atoms with Crippen molar-refractivity contribution >= 4 is 18.5 Å². The summed E-state index contributed by atoms with van der Waals surface area (Å²) in [7, 11) is 0. The Labute approximate surface area is 276 Å². The van der Waals surface area contributed by atoms with Gasteiger partial charge in [0.1, 0.15) is 23.6 Å². The Morgan fingerprint density at radius 3 is 1.37 bits per heavy atom.